The Bertz CT molecular complexity index is 1070. The zero-order chi connectivity index (χ0) is 18.5. The highest BCUT2D eigenvalue weighted by molar-refractivity contribution is 5.91. The third kappa shape index (κ3) is 3.77. The van der Waals surface area contributed by atoms with Crippen LogP contribution in [0.2, 0.25) is 0 Å². The van der Waals surface area contributed by atoms with Crippen molar-refractivity contribution in [2.75, 3.05) is 17.2 Å². The molecule has 0 saturated carbocycles. The first-order chi connectivity index (χ1) is 13.3. The molecule has 0 aliphatic carbocycles. The van der Waals surface area contributed by atoms with Crippen molar-refractivity contribution in [1.82, 2.24) is 15.0 Å². The van der Waals surface area contributed by atoms with Gasteiger partial charge in [0, 0.05) is 29.8 Å². The fourth-order valence-electron chi connectivity index (χ4n) is 2.84. The minimum absolute atomic E-state index is 0.626. The molecule has 4 rings (SSSR count). The first kappa shape index (κ1) is 16.7. The SMILES string of the molecule is C=CCNc1cc(Nc2cccc3cccnc23)nc(-c2ccccc2)n1. The van der Waals surface area contributed by atoms with Crippen LogP contribution in [-0.4, -0.2) is 21.5 Å². The van der Waals surface area contributed by atoms with Gasteiger partial charge in [-0.3, -0.25) is 4.98 Å². The van der Waals surface area contributed by atoms with E-state index in [1.807, 2.05) is 66.7 Å². The van der Waals surface area contributed by atoms with E-state index in [1.54, 1.807) is 12.3 Å². The van der Waals surface area contributed by atoms with Crippen LogP contribution in [0.25, 0.3) is 22.3 Å². The van der Waals surface area contributed by atoms with E-state index in [0.29, 0.717) is 18.2 Å². The third-order valence-corrected chi connectivity index (χ3v) is 4.08. The van der Waals surface area contributed by atoms with Gasteiger partial charge in [-0.1, -0.05) is 54.6 Å². The molecule has 0 atom stereocenters. The predicted molar refractivity (Wildman–Crippen MR) is 111 cm³/mol. The molecule has 2 aromatic carbocycles. The molecule has 0 unspecified atom stereocenters. The van der Waals surface area contributed by atoms with Gasteiger partial charge in [-0.2, -0.15) is 0 Å². The first-order valence-corrected chi connectivity index (χ1v) is 8.73. The maximum atomic E-state index is 4.70. The van der Waals surface area contributed by atoms with Crippen molar-refractivity contribution >= 4 is 28.2 Å². The van der Waals surface area contributed by atoms with E-state index in [4.69, 9.17) is 4.98 Å². The molecule has 0 spiro atoms. The molecule has 5 heteroatoms. The lowest BCUT2D eigenvalue weighted by atomic mass is 10.2. The number of hydrogen-bond donors (Lipinski definition) is 2. The quantitative estimate of drug-likeness (QED) is 0.476. The van der Waals surface area contributed by atoms with Gasteiger partial charge in [0.15, 0.2) is 5.82 Å². The van der Waals surface area contributed by atoms with Gasteiger partial charge in [-0.15, -0.1) is 6.58 Å². The Morgan fingerprint density at radius 2 is 1.70 bits per heavy atom. The highest BCUT2D eigenvalue weighted by Crippen LogP contribution is 2.26. The number of hydrogen-bond acceptors (Lipinski definition) is 5. The van der Waals surface area contributed by atoms with Crippen LogP contribution >= 0.6 is 0 Å². The molecule has 5 nitrogen and oxygen atoms in total. The smallest absolute Gasteiger partial charge is 0.163 e. The molecule has 0 radical (unpaired) electrons. The zero-order valence-corrected chi connectivity index (χ0v) is 14.8. The molecule has 2 aromatic heterocycles. The lowest BCUT2D eigenvalue weighted by Crippen LogP contribution is -2.05. The van der Waals surface area contributed by atoms with E-state index in [9.17, 15) is 0 Å². The highest BCUT2D eigenvalue weighted by Gasteiger charge is 2.09. The number of benzene rings is 2. The first-order valence-electron chi connectivity index (χ1n) is 8.73. The number of rotatable bonds is 6. The molecule has 27 heavy (non-hydrogen) atoms. The van der Waals surface area contributed by atoms with Crippen molar-refractivity contribution < 1.29 is 0 Å². The molecular formula is C22H19N5. The Labute approximate surface area is 157 Å². The van der Waals surface area contributed by atoms with Gasteiger partial charge in [-0.25, -0.2) is 9.97 Å². The highest BCUT2D eigenvalue weighted by atomic mass is 15.1. The van der Waals surface area contributed by atoms with Gasteiger partial charge >= 0.3 is 0 Å². The van der Waals surface area contributed by atoms with Crippen LogP contribution in [0.1, 0.15) is 0 Å². The van der Waals surface area contributed by atoms with Crippen LogP contribution in [0.15, 0.2) is 85.6 Å². The van der Waals surface area contributed by atoms with Crippen molar-refractivity contribution in [3.63, 3.8) is 0 Å². The fraction of sp³-hybridized carbons (Fsp3) is 0.0455. The Balaban J connectivity index is 1.75. The normalized spacial score (nSPS) is 10.5. The van der Waals surface area contributed by atoms with E-state index in [2.05, 4.69) is 27.2 Å². The summed E-state index contributed by atoms with van der Waals surface area (Å²) in [6, 6.07) is 21.8. The topological polar surface area (TPSA) is 62.7 Å². The third-order valence-electron chi connectivity index (χ3n) is 4.08. The van der Waals surface area contributed by atoms with E-state index in [0.717, 1.165) is 28.0 Å². The fourth-order valence-corrected chi connectivity index (χ4v) is 2.84. The summed E-state index contributed by atoms with van der Waals surface area (Å²) in [7, 11) is 0. The van der Waals surface area contributed by atoms with Crippen LogP contribution in [0, 0.1) is 0 Å². The van der Waals surface area contributed by atoms with Crippen LogP contribution in [0.5, 0.6) is 0 Å². The molecule has 4 aromatic rings. The molecule has 0 aliphatic heterocycles. The lowest BCUT2D eigenvalue weighted by Gasteiger charge is -2.12. The summed E-state index contributed by atoms with van der Waals surface area (Å²) in [5.41, 5.74) is 2.76. The second-order valence-electron chi connectivity index (χ2n) is 6.00. The second kappa shape index (κ2) is 7.66. The number of aromatic nitrogens is 3. The predicted octanol–water partition coefficient (Wildman–Crippen LogP) is 5.03. The molecule has 2 N–H and O–H groups in total. The van der Waals surface area contributed by atoms with Crippen molar-refractivity contribution in [1.29, 1.82) is 0 Å². The number of nitrogens with one attached hydrogen (secondary N) is 2. The van der Waals surface area contributed by atoms with Gasteiger partial charge < -0.3 is 10.6 Å². The van der Waals surface area contributed by atoms with Crippen LogP contribution < -0.4 is 10.6 Å². The Morgan fingerprint density at radius 1 is 0.889 bits per heavy atom. The maximum absolute atomic E-state index is 4.70. The second-order valence-corrected chi connectivity index (χ2v) is 6.00. The number of pyridine rings is 1. The Morgan fingerprint density at radius 3 is 2.56 bits per heavy atom. The number of para-hydroxylation sites is 1. The lowest BCUT2D eigenvalue weighted by molar-refractivity contribution is 1.15. The minimum Gasteiger partial charge on any atom is -0.366 e. The molecular weight excluding hydrogens is 334 g/mol. The van der Waals surface area contributed by atoms with Crippen molar-refractivity contribution in [3.8, 4) is 11.4 Å². The summed E-state index contributed by atoms with van der Waals surface area (Å²) in [5.74, 6) is 2.09. The van der Waals surface area contributed by atoms with Crippen molar-refractivity contribution in [3.05, 3.63) is 85.6 Å². The van der Waals surface area contributed by atoms with Crippen LogP contribution in [-0.2, 0) is 0 Å². The van der Waals surface area contributed by atoms with Gasteiger partial charge in [0.1, 0.15) is 11.6 Å². The summed E-state index contributed by atoms with van der Waals surface area (Å²) >= 11 is 0. The van der Waals surface area contributed by atoms with Gasteiger partial charge in [0.25, 0.3) is 0 Å². The molecule has 0 amide bonds. The average Bonchev–Trinajstić information content (AvgIpc) is 2.73. The largest absolute Gasteiger partial charge is 0.366 e. The maximum Gasteiger partial charge on any atom is 0.163 e. The van der Waals surface area contributed by atoms with Crippen molar-refractivity contribution in [2.24, 2.45) is 0 Å². The standard InChI is InChI=1S/C22H19N5/c1-2-13-23-19-15-20(27-22(26-19)17-8-4-3-5-9-17)25-18-12-6-10-16-11-7-14-24-21(16)18/h2-12,14-15H,1,13H2,(H2,23,25,26,27). The summed E-state index contributed by atoms with van der Waals surface area (Å²) in [5, 5.41) is 7.71. The molecule has 0 saturated heterocycles. The minimum atomic E-state index is 0.626. The Kier molecular flexibility index (Phi) is 4.74. The molecule has 0 fully saturated rings. The average molecular weight is 353 g/mol. The molecule has 0 bridgehead atoms. The van der Waals surface area contributed by atoms with E-state index < -0.39 is 0 Å². The number of anilines is 3. The van der Waals surface area contributed by atoms with Gasteiger partial charge in [0.2, 0.25) is 0 Å². The van der Waals surface area contributed by atoms with Gasteiger partial charge in [0.05, 0.1) is 11.2 Å². The zero-order valence-electron chi connectivity index (χ0n) is 14.8. The summed E-state index contributed by atoms with van der Waals surface area (Å²) in [6.07, 6.45) is 3.59. The Hall–Kier alpha value is -3.73. The molecule has 132 valence electrons. The van der Waals surface area contributed by atoms with E-state index >= 15 is 0 Å². The number of fused-ring (bicyclic) bond motifs is 1. The molecule has 2 heterocycles. The van der Waals surface area contributed by atoms with Crippen molar-refractivity contribution in [2.45, 2.75) is 0 Å². The summed E-state index contributed by atoms with van der Waals surface area (Å²) in [6.45, 7) is 4.38. The van der Waals surface area contributed by atoms with E-state index in [-0.39, 0.29) is 0 Å². The molecule has 0 aliphatic rings. The monoisotopic (exact) mass is 353 g/mol. The summed E-state index contributed by atoms with van der Waals surface area (Å²) < 4.78 is 0. The van der Waals surface area contributed by atoms with Gasteiger partial charge in [-0.05, 0) is 12.1 Å². The van der Waals surface area contributed by atoms with E-state index in [1.165, 1.54) is 0 Å². The van der Waals surface area contributed by atoms with Crippen LogP contribution in [0.4, 0.5) is 17.3 Å². The van der Waals surface area contributed by atoms with Crippen LogP contribution in [0.3, 0.4) is 0 Å². The number of nitrogens with zero attached hydrogens (tertiary/aromatic N) is 3. The summed E-state index contributed by atoms with van der Waals surface area (Å²) in [4.78, 5) is 13.8.